The van der Waals surface area contributed by atoms with Gasteiger partial charge in [-0.15, -0.1) is 11.3 Å². The summed E-state index contributed by atoms with van der Waals surface area (Å²) in [7, 11) is -3.88. The predicted octanol–water partition coefficient (Wildman–Crippen LogP) is 2.73. The van der Waals surface area contributed by atoms with Crippen molar-refractivity contribution in [2.75, 3.05) is 6.54 Å². The summed E-state index contributed by atoms with van der Waals surface area (Å²) in [5.74, 6) is -0.693. The van der Waals surface area contributed by atoms with Crippen LogP contribution < -0.4 is 4.72 Å². The molecule has 2 N–H and O–H groups in total. The first-order valence-electron chi connectivity index (χ1n) is 5.93. The third kappa shape index (κ3) is 3.81. The van der Waals surface area contributed by atoms with Gasteiger partial charge >= 0.3 is 0 Å². The number of rotatable bonds is 5. The molecular weight excluding hydrogens is 337 g/mol. The zero-order chi connectivity index (χ0) is 15.7. The lowest BCUT2D eigenvalue weighted by molar-refractivity contribution is 0.0666. The van der Waals surface area contributed by atoms with E-state index in [4.69, 9.17) is 11.6 Å². The first-order chi connectivity index (χ1) is 9.72. The fourth-order valence-electron chi connectivity index (χ4n) is 1.64. The summed E-state index contributed by atoms with van der Waals surface area (Å²) in [5.41, 5.74) is -1.33. The molecule has 0 aliphatic heterocycles. The lowest BCUT2D eigenvalue weighted by Gasteiger charge is -2.22. The standard InChI is InChI=1S/C13H13ClFNO3S2/c1-13(17,12-3-2-6-20-12)8-16-21(18,19)9-4-5-11(15)10(14)7-9/h2-7,16-17H,8H2,1H3/t13-/m1/s1. The molecule has 2 aromatic rings. The Balaban J connectivity index is 2.16. The van der Waals surface area contributed by atoms with Gasteiger partial charge in [-0.3, -0.25) is 0 Å². The fourth-order valence-corrected chi connectivity index (χ4v) is 3.83. The highest BCUT2D eigenvalue weighted by molar-refractivity contribution is 7.89. The summed E-state index contributed by atoms with van der Waals surface area (Å²) < 4.78 is 39.6. The first kappa shape index (κ1) is 16.4. The molecule has 1 aromatic carbocycles. The smallest absolute Gasteiger partial charge is 0.240 e. The Morgan fingerprint density at radius 3 is 2.71 bits per heavy atom. The monoisotopic (exact) mass is 349 g/mol. The van der Waals surface area contributed by atoms with Crippen molar-refractivity contribution in [2.45, 2.75) is 17.4 Å². The average molecular weight is 350 g/mol. The van der Waals surface area contributed by atoms with E-state index in [2.05, 4.69) is 4.72 Å². The van der Waals surface area contributed by atoms with Crippen LogP contribution in [0.4, 0.5) is 4.39 Å². The molecule has 0 bridgehead atoms. The van der Waals surface area contributed by atoms with Gasteiger partial charge in [0.15, 0.2) is 0 Å². The van der Waals surface area contributed by atoms with E-state index in [-0.39, 0.29) is 16.5 Å². The summed E-state index contributed by atoms with van der Waals surface area (Å²) in [6, 6.07) is 6.60. The molecular formula is C13H13ClFNO3S2. The second-order valence-corrected chi connectivity index (χ2v) is 7.77. The highest BCUT2D eigenvalue weighted by atomic mass is 35.5. The van der Waals surface area contributed by atoms with E-state index in [0.29, 0.717) is 4.88 Å². The highest BCUT2D eigenvalue weighted by Gasteiger charge is 2.27. The molecule has 0 unspecified atom stereocenters. The topological polar surface area (TPSA) is 66.4 Å². The van der Waals surface area contributed by atoms with E-state index in [1.54, 1.807) is 17.5 Å². The van der Waals surface area contributed by atoms with E-state index in [1.807, 2.05) is 0 Å². The van der Waals surface area contributed by atoms with Crippen LogP contribution in [0, 0.1) is 5.82 Å². The lowest BCUT2D eigenvalue weighted by Crippen LogP contribution is -2.38. The van der Waals surface area contributed by atoms with Gasteiger partial charge in [-0.1, -0.05) is 17.7 Å². The van der Waals surface area contributed by atoms with Crippen LogP contribution in [0.2, 0.25) is 5.02 Å². The van der Waals surface area contributed by atoms with Crippen LogP contribution in [0.15, 0.2) is 40.6 Å². The Labute approximate surface area is 131 Å². The number of sulfonamides is 1. The Kier molecular flexibility index (Phi) is 4.69. The Morgan fingerprint density at radius 2 is 2.14 bits per heavy atom. The molecule has 1 aromatic heterocycles. The summed E-state index contributed by atoms with van der Waals surface area (Å²) in [6.45, 7) is 1.31. The second kappa shape index (κ2) is 6.02. The predicted molar refractivity (Wildman–Crippen MR) is 80.5 cm³/mol. The Morgan fingerprint density at radius 1 is 1.43 bits per heavy atom. The molecule has 0 fully saturated rings. The Bertz CT molecular complexity index is 730. The van der Waals surface area contributed by atoms with Gasteiger partial charge in [-0.05, 0) is 36.6 Å². The molecule has 1 heterocycles. The zero-order valence-corrected chi connectivity index (χ0v) is 13.4. The van der Waals surface area contributed by atoms with Gasteiger partial charge < -0.3 is 5.11 Å². The maximum Gasteiger partial charge on any atom is 0.240 e. The van der Waals surface area contributed by atoms with Crippen LogP contribution in [0.25, 0.3) is 0 Å². The van der Waals surface area contributed by atoms with Gasteiger partial charge in [0.25, 0.3) is 0 Å². The van der Waals surface area contributed by atoms with Crippen molar-refractivity contribution >= 4 is 33.0 Å². The molecule has 0 saturated carbocycles. The normalized spacial score (nSPS) is 14.9. The Hall–Kier alpha value is -0.990. The molecule has 0 aliphatic rings. The molecule has 21 heavy (non-hydrogen) atoms. The molecule has 8 heteroatoms. The number of thiophene rings is 1. The van der Waals surface area contributed by atoms with Crippen LogP contribution in [0.3, 0.4) is 0 Å². The van der Waals surface area contributed by atoms with Gasteiger partial charge in [0.1, 0.15) is 11.4 Å². The molecule has 0 radical (unpaired) electrons. The van der Waals surface area contributed by atoms with Crippen molar-refractivity contribution in [3.63, 3.8) is 0 Å². The van der Waals surface area contributed by atoms with Crippen molar-refractivity contribution < 1.29 is 17.9 Å². The summed E-state index contributed by atoms with van der Waals surface area (Å²) in [5, 5.41) is 11.8. The molecule has 114 valence electrons. The van der Waals surface area contributed by atoms with Gasteiger partial charge in [0, 0.05) is 11.4 Å². The molecule has 0 amide bonds. The SMILES string of the molecule is C[C@@](O)(CNS(=O)(=O)c1ccc(F)c(Cl)c1)c1cccs1. The third-order valence-corrected chi connectivity index (χ3v) is 5.67. The molecule has 4 nitrogen and oxygen atoms in total. The second-order valence-electron chi connectivity index (χ2n) is 4.65. The van der Waals surface area contributed by atoms with E-state index in [9.17, 15) is 17.9 Å². The summed E-state index contributed by atoms with van der Waals surface area (Å²) in [6.07, 6.45) is 0. The summed E-state index contributed by atoms with van der Waals surface area (Å²) >= 11 is 6.90. The number of hydrogen-bond acceptors (Lipinski definition) is 4. The van der Waals surface area contributed by atoms with Gasteiger partial charge in [-0.25, -0.2) is 17.5 Å². The van der Waals surface area contributed by atoms with E-state index in [0.717, 1.165) is 18.2 Å². The van der Waals surface area contributed by atoms with Crippen LogP contribution in [-0.2, 0) is 15.6 Å². The highest BCUT2D eigenvalue weighted by Crippen LogP contribution is 2.25. The van der Waals surface area contributed by atoms with Crippen LogP contribution in [0.1, 0.15) is 11.8 Å². The quantitative estimate of drug-likeness (QED) is 0.872. The van der Waals surface area contributed by atoms with Crippen LogP contribution >= 0.6 is 22.9 Å². The number of benzene rings is 1. The van der Waals surface area contributed by atoms with Crippen molar-refractivity contribution in [2.24, 2.45) is 0 Å². The number of halogens is 2. The minimum absolute atomic E-state index is 0.157. The third-order valence-electron chi connectivity index (χ3n) is 2.86. The molecule has 0 saturated heterocycles. The van der Waals surface area contributed by atoms with Gasteiger partial charge in [0.2, 0.25) is 10.0 Å². The number of hydrogen-bond donors (Lipinski definition) is 2. The van der Waals surface area contributed by atoms with Gasteiger partial charge in [0.05, 0.1) is 9.92 Å². The largest absolute Gasteiger partial charge is 0.383 e. The minimum Gasteiger partial charge on any atom is -0.383 e. The van der Waals surface area contributed by atoms with Crippen LogP contribution in [0.5, 0.6) is 0 Å². The fraction of sp³-hybridized carbons (Fsp3) is 0.231. The lowest BCUT2D eigenvalue weighted by atomic mass is 10.1. The maximum atomic E-state index is 13.1. The van der Waals surface area contributed by atoms with E-state index >= 15 is 0 Å². The minimum atomic E-state index is -3.88. The summed E-state index contributed by atoms with van der Waals surface area (Å²) in [4.78, 5) is 0.484. The van der Waals surface area contributed by atoms with Crippen molar-refractivity contribution in [3.8, 4) is 0 Å². The molecule has 0 aliphatic carbocycles. The molecule has 0 spiro atoms. The zero-order valence-electron chi connectivity index (χ0n) is 11.0. The van der Waals surface area contributed by atoms with Crippen molar-refractivity contribution in [1.82, 2.24) is 4.72 Å². The van der Waals surface area contributed by atoms with Crippen LogP contribution in [-0.4, -0.2) is 20.1 Å². The van der Waals surface area contributed by atoms with Gasteiger partial charge in [-0.2, -0.15) is 0 Å². The maximum absolute atomic E-state index is 13.1. The number of nitrogens with one attached hydrogen (secondary N) is 1. The average Bonchev–Trinajstić information content (AvgIpc) is 2.94. The van der Waals surface area contributed by atoms with E-state index in [1.165, 1.54) is 18.3 Å². The first-order valence-corrected chi connectivity index (χ1v) is 8.67. The molecule has 1 atom stereocenters. The number of aliphatic hydroxyl groups is 1. The molecule has 2 rings (SSSR count). The van der Waals surface area contributed by atoms with Crippen molar-refractivity contribution in [1.29, 1.82) is 0 Å². The van der Waals surface area contributed by atoms with E-state index < -0.39 is 21.4 Å². The van der Waals surface area contributed by atoms with Crippen molar-refractivity contribution in [3.05, 3.63) is 51.4 Å².